The molecule has 1 N–H and O–H groups in total. The lowest BCUT2D eigenvalue weighted by atomic mass is 10.2. The molecule has 2 aromatic carbocycles. The van der Waals surface area contributed by atoms with Gasteiger partial charge in [-0.05, 0) is 30.2 Å². The zero-order chi connectivity index (χ0) is 21.3. The summed E-state index contributed by atoms with van der Waals surface area (Å²) < 4.78 is 33.1. The molecule has 0 aliphatic heterocycles. The van der Waals surface area contributed by atoms with E-state index in [1.807, 2.05) is 30.3 Å². The molecule has 6 nitrogen and oxygen atoms in total. The Morgan fingerprint density at radius 2 is 1.86 bits per heavy atom. The second-order valence-corrected chi connectivity index (χ2v) is 8.95. The van der Waals surface area contributed by atoms with Crippen LogP contribution in [0.2, 0.25) is 5.02 Å². The molecule has 0 atom stereocenters. The average molecular weight is 439 g/mol. The van der Waals surface area contributed by atoms with Gasteiger partial charge >= 0.3 is 0 Å². The second-order valence-electron chi connectivity index (χ2n) is 6.61. The summed E-state index contributed by atoms with van der Waals surface area (Å²) in [5.74, 6) is -0.169. The van der Waals surface area contributed by atoms with Crippen molar-refractivity contribution in [2.45, 2.75) is 37.6 Å². The number of benzene rings is 2. The lowest BCUT2D eigenvalue weighted by molar-refractivity contribution is -0.121. The summed E-state index contributed by atoms with van der Waals surface area (Å²) in [4.78, 5) is 12.4. The van der Waals surface area contributed by atoms with Gasteiger partial charge in [0.25, 0.3) is 0 Å². The van der Waals surface area contributed by atoms with E-state index in [4.69, 9.17) is 16.3 Å². The van der Waals surface area contributed by atoms with Crippen molar-refractivity contribution in [2.24, 2.45) is 0 Å². The second kappa shape index (κ2) is 11.2. The zero-order valence-corrected chi connectivity index (χ0v) is 18.3. The van der Waals surface area contributed by atoms with Gasteiger partial charge in [0.05, 0.1) is 13.7 Å². The quantitative estimate of drug-likeness (QED) is 0.541. The van der Waals surface area contributed by atoms with Crippen LogP contribution in [-0.2, 0) is 21.4 Å². The van der Waals surface area contributed by atoms with E-state index in [0.717, 1.165) is 29.1 Å². The normalized spacial score (nSPS) is 11.4. The zero-order valence-electron chi connectivity index (χ0n) is 16.7. The van der Waals surface area contributed by atoms with Gasteiger partial charge in [-0.25, -0.2) is 8.42 Å². The first-order chi connectivity index (χ1) is 13.9. The van der Waals surface area contributed by atoms with E-state index in [1.165, 1.54) is 19.2 Å². The number of carbonyl (C=O) groups is 1. The minimum Gasteiger partial charge on any atom is -0.495 e. The Morgan fingerprint density at radius 3 is 2.52 bits per heavy atom. The van der Waals surface area contributed by atoms with E-state index in [0.29, 0.717) is 6.54 Å². The molecule has 2 rings (SSSR count). The van der Waals surface area contributed by atoms with Gasteiger partial charge in [0.15, 0.2) is 0 Å². The van der Waals surface area contributed by atoms with Crippen LogP contribution in [-0.4, -0.2) is 38.8 Å². The van der Waals surface area contributed by atoms with E-state index in [2.05, 4.69) is 12.2 Å². The van der Waals surface area contributed by atoms with Crippen molar-refractivity contribution in [1.29, 1.82) is 0 Å². The van der Waals surface area contributed by atoms with Crippen LogP contribution in [0.3, 0.4) is 0 Å². The molecular weight excluding hydrogens is 412 g/mol. The monoisotopic (exact) mass is 438 g/mol. The largest absolute Gasteiger partial charge is 0.495 e. The van der Waals surface area contributed by atoms with E-state index in [-0.39, 0.29) is 34.7 Å². The summed E-state index contributed by atoms with van der Waals surface area (Å²) >= 11 is 6.03. The van der Waals surface area contributed by atoms with Crippen LogP contribution in [0, 0.1) is 0 Å². The SMILES string of the molecule is CCCCCNC(=O)CN(Cc1ccccc1)S(=O)(=O)c1cc(Cl)ccc1OC. The Kier molecular flexibility index (Phi) is 8.95. The van der Waals surface area contributed by atoms with E-state index < -0.39 is 10.0 Å². The molecule has 0 aliphatic rings. The van der Waals surface area contributed by atoms with Crippen LogP contribution < -0.4 is 10.1 Å². The van der Waals surface area contributed by atoms with Gasteiger partial charge < -0.3 is 10.1 Å². The molecule has 0 heterocycles. The number of nitrogens with one attached hydrogen (secondary N) is 1. The summed E-state index contributed by atoms with van der Waals surface area (Å²) in [6.07, 6.45) is 2.90. The van der Waals surface area contributed by atoms with Crippen LogP contribution in [0.5, 0.6) is 5.75 Å². The fraction of sp³-hybridized carbons (Fsp3) is 0.381. The molecule has 2 aromatic rings. The predicted molar refractivity (Wildman–Crippen MR) is 115 cm³/mol. The molecule has 0 unspecified atom stereocenters. The van der Waals surface area contributed by atoms with Gasteiger partial charge in [0.2, 0.25) is 15.9 Å². The third-order valence-corrected chi connectivity index (χ3v) is 6.42. The Hall–Kier alpha value is -2.09. The van der Waals surface area contributed by atoms with E-state index in [1.54, 1.807) is 6.07 Å². The minimum atomic E-state index is -4.03. The van der Waals surface area contributed by atoms with Crippen molar-refractivity contribution in [3.05, 3.63) is 59.1 Å². The number of amides is 1. The van der Waals surface area contributed by atoms with Gasteiger partial charge in [-0.3, -0.25) is 4.79 Å². The maximum absolute atomic E-state index is 13.4. The van der Waals surface area contributed by atoms with Gasteiger partial charge in [-0.1, -0.05) is 61.7 Å². The summed E-state index contributed by atoms with van der Waals surface area (Å²) in [6, 6.07) is 13.5. The number of nitrogens with zero attached hydrogens (tertiary/aromatic N) is 1. The van der Waals surface area contributed by atoms with Crippen LogP contribution in [0.15, 0.2) is 53.4 Å². The van der Waals surface area contributed by atoms with Crippen LogP contribution in [0.4, 0.5) is 0 Å². The van der Waals surface area contributed by atoms with Crippen LogP contribution >= 0.6 is 11.6 Å². The molecule has 0 radical (unpaired) electrons. The van der Waals surface area contributed by atoms with Gasteiger partial charge in [0, 0.05) is 18.1 Å². The minimum absolute atomic E-state index is 0.0568. The standard InChI is InChI=1S/C21H27ClN2O4S/c1-3-4-8-13-23-21(25)16-24(15-17-9-6-5-7-10-17)29(26,27)20-14-18(22)11-12-19(20)28-2/h5-7,9-12,14H,3-4,8,13,15-16H2,1-2H3,(H,23,25). The molecule has 0 saturated carbocycles. The topological polar surface area (TPSA) is 75.7 Å². The maximum atomic E-state index is 13.4. The third-order valence-electron chi connectivity index (χ3n) is 4.37. The molecule has 0 aliphatic carbocycles. The van der Waals surface area contributed by atoms with Gasteiger partial charge in [-0.2, -0.15) is 4.31 Å². The first-order valence-electron chi connectivity index (χ1n) is 9.52. The van der Waals surface area contributed by atoms with E-state index in [9.17, 15) is 13.2 Å². The van der Waals surface area contributed by atoms with Gasteiger partial charge in [-0.15, -0.1) is 0 Å². The first kappa shape index (κ1) is 23.2. The van der Waals surface area contributed by atoms with Crippen molar-refractivity contribution in [3.8, 4) is 5.75 Å². The molecule has 158 valence electrons. The third kappa shape index (κ3) is 6.73. The predicted octanol–water partition coefficient (Wildman–Crippen LogP) is 3.85. The summed E-state index contributed by atoms with van der Waals surface area (Å²) in [7, 11) is -2.64. The molecule has 0 aromatic heterocycles. The smallest absolute Gasteiger partial charge is 0.247 e. The van der Waals surface area contributed by atoms with Crippen LogP contribution in [0.1, 0.15) is 31.7 Å². The average Bonchev–Trinajstić information content (AvgIpc) is 2.71. The number of carbonyl (C=O) groups excluding carboxylic acids is 1. The molecule has 0 spiro atoms. The number of rotatable bonds is 11. The van der Waals surface area contributed by atoms with Crippen molar-refractivity contribution in [3.63, 3.8) is 0 Å². The number of hydrogen-bond acceptors (Lipinski definition) is 4. The van der Waals surface area contributed by atoms with Crippen molar-refractivity contribution < 1.29 is 17.9 Å². The number of sulfonamides is 1. The number of ether oxygens (including phenoxy) is 1. The fourth-order valence-corrected chi connectivity index (χ4v) is 4.63. The summed E-state index contributed by atoms with van der Waals surface area (Å²) in [5, 5.41) is 3.07. The number of unbranched alkanes of at least 4 members (excludes halogenated alkanes) is 2. The number of halogens is 1. The first-order valence-corrected chi connectivity index (χ1v) is 11.3. The lowest BCUT2D eigenvalue weighted by Crippen LogP contribution is -2.40. The molecule has 8 heteroatoms. The number of methoxy groups -OCH3 is 1. The lowest BCUT2D eigenvalue weighted by Gasteiger charge is -2.23. The highest BCUT2D eigenvalue weighted by molar-refractivity contribution is 7.89. The highest BCUT2D eigenvalue weighted by Crippen LogP contribution is 2.30. The maximum Gasteiger partial charge on any atom is 0.247 e. The van der Waals surface area contributed by atoms with Crippen molar-refractivity contribution in [1.82, 2.24) is 9.62 Å². The highest BCUT2D eigenvalue weighted by atomic mass is 35.5. The fourth-order valence-electron chi connectivity index (χ4n) is 2.82. The molecule has 0 bridgehead atoms. The molecule has 0 saturated heterocycles. The van der Waals surface area contributed by atoms with Gasteiger partial charge in [0.1, 0.15) is 10.6 Å². The summed E-state index contributed by atoms with van der Waals surface area (Å²) in [5.41, 5.74) is 0.774. The molecular formula is C21H27ClN2O4S. The number of hydrogen-bond donors (Lipinski definition) is 1. The Bertz CT molecular complexity index is 904. The Balaban J connectivity index is 2.30. The van der Waals surface area contributed by atoms with Crippen LogP contribution in [0.25, 0.3) is 0 Å². The molecule has 29 heavy (non-hydrogen) atoms. The summed E-state index contributed by atoms with van der Waals surface area (Å²) in [6.45, 7) is 2.36. The Labute approximate surface area is 177 Å². The highest BCUT2D eigenvalue weighted by Gasteiger charge is 2.30. The van der Waals surface area contributed by atoms with Crippen molar-refractivity contribution in [2.75, 3.05) is 20.2 Å². The van der Waals surface area contributed by atoms with Crippen molar-refractivity contribution >= 4 is 27.5 Å². The molecule has 1 amide bonds. The molecule has 0 fully saturated rings. The Morgan fingerprint density at radius 1 is 1.14 bits per heavy atom. The van der Waals surface area contributed by atoms with E-state index >= 15 is 0 Å².